The van der Waals surface area contributed by atoms with Crippen molar-refractivity contribution in [2.24, 2.45) is 0 Å². The van der Waals surface area contributed by atoms with Crippen LogP contribution in [0.15, 0.2) is 42.5 Å². The van der Waals surface area contributed by atoms with Crippen LogP contribution >= 0.6 is 11.6 Å². The van der Waals surface area contributed by atoms with Gasteiger partial charge in [-0.2, -0.15) is 0 Å². The van der Waals surface area contributed by atoms with Gasteiger partial charge < -0.3 is 10.1 Å². The minimum Gasteiger partial charge on any atom is -0.491 e. The van der Waals surface area contributed by atoms with Crippen molar-refractivity contribution in [3.05, 3.63) is 58.6 Å². The molecule has 8 heteroatoms. The van der Waals surface area contributed by atoms with E-state index in [0.717, 1.165) is 27.4 Å². The molecule has 31 heavy (non-hydrogen) atoms. The molecule has 1 N–H and O–H groups in total. The highest BCUT2D eigenvalue weighted by molar-refractivity contribution is 7.92. The summed E-state index contributed by atoms with van der Waals surface area (Å²) in [5, 5.41) is 3.24. The van der Waals surface area contributed by atoms with E-state index in [1.54, 1.807) is 25.1 Å². The van der Waals surface area contributed by atoms with Gasteiger partial charge in [0.05, 0.1) is 18.5 Å². The van der Waals surface area contributed by atoms with Crippen molar-refractivity contribution in [2.45, 2.75) is 46.1 Å². The van der Waals surface area contributed by atoms with E-state index in [2.05, 4.69) is 19.2 Å². The zero-order chi connectivity index (χ0) is 23.2. The lowest BCUT2D eigenvalue weighted by Gasteiger charge is -2.30. The number of para-hydroxylation sites is 1. The van der Waals surface area contributed by atoms with Crippen LogP contribution in [-0.2, 0) is 14.8 Å². The Balaban J connectivity index is 2.09. The maximum absolute atomic E-state index is 12.9. The minimum absolute atomic E-state index is 0.258. The van der Waals surface area contributed by atoms with Gasteiger partial charge >= 0.3 is 0 Å². The number of anilines is 1. The molecule has 1 amide bonds. The number of halogens is 1. The van der Waals surface area contributed by atoms with Crippen molar-refractivity contribution in [1.82, 2.24) is 5.32 Å². The van der Waals surface area contributed by atoms with Crippen LogP contribution in [0.4, 0.5) is 5.69 Å². The fraction of sp³-hybridized carbons (Fsp3) is 0.435. The highest BCUT2D eigenvalue weighted by atomic mass is 35.5. The van der Waals surface area contributed by atoms with Crippen LogP contribution in [0.2, 0.25) is 5.02 Å². The molecule has 0 aliphatic heterocycles. The molecule has 1 unspecified atom stereocenters. The monoisotopic (exact) mass is 466 g/mol. The summed E-state index contributed by atoms with van der Waals surface area (Å²) >= 11 is 6.19. The number of ether oxygens (including phenoxy) is 1. The lowest BCUT2D eigenvalue weighted by molar-refractivity contribution is -0.122. The number of hydrogen-bond donors (Lipinski definition) is 1. The van der Waals surface area contributed by atoms with Gasteiger partial charge in [0.25, 0.3) is 0 Å². The highest BCUT2D eigenvalue weighted by Crippen LogP contribution is 2.28. The van der Waals surface area contributed by atoms with Crippen molar-refractivity contribution in [1.29, 1.82) is 0 Å². The second-order valence-electron chi connectivity index (χ2n) is 7.75. The lowest BCUT2D eigenvalue weighted by atomic mass is 10.0. The molecule has 0 aliphatic carbocycles. The van der Waals surface area contributed by atoms with Crippen molar-refractivity contribution in [3.63, 3.8) is 0 Å². The molecule has 2 aromatic carbocycles. The summed E-state index contributed by atoms with van der Waals surface area (Å²) in [6, 6.07) is 11.9. The Bertz CT molecular complexity index is 1010. The quantitative estimate of drug-likeness (QED) is 0.522. The molecule has 0 bridgehead atoms. The molecular formula is C23H31ClN2O4S. The Morgan fingerprint density at radius 2 is 1.87 bits per heavy atom. The normalized spacial score (nSPS) is 12.5. The van der Waals surface area contributed by atoms with E-state index in [0.29, 0.717) is 23.0 Å². The molecule has 0 heterocycles. The van der Waals surface area contributed by atoms with Gasteiger partial charge in [0.2, 0.25) is 15.9 Å². The van der Waals surface area contributed by atoms with Crippen LogP contribution in [0, 0.1) is 6.92 Å². The summed E-state index contributed by atoms with van der Waals surface area (Å²) < 4.78 is 32.0. The van der Waals surface area contributed by atoms with Crippen molar-refractivity contribution in [3.8, 4) is 5.75 Å². The first kappa shape index (κ1) is 25.0. The molecule has 2 aromatic rings. The molecule has 0 saturated carbocycles. The van der Waals surface area contributed by atoms with Gasteiger partial charge in [0, 0.05) is 5.02 Å². The topological polar surface area (TPSA) is 75.7 Å². The zero-order valence-corrected chi connectivity index (χ0v) is 20.3. The second kappa shape index (κ2) is 10.9. The fourth-order valence-corrected chi connectivity index (χ4v) is 4.70. The van der Waals surface area contributed by atoms with E-state index in [-0.39, 0.29) is 19.1 Å². The number of sulfonamides is 1. The number of hydrogen-bond acceptors (Lipinski definition) is 4. The first-order chi connectivity index (χ1) is 14.6. The Morgan fingerprint density at radius 3 is 2.45 bits per heavy atom. The molecule has 170 valence electrons. The number of carbonyl (C=O) groups is 1. The van der Waals surface area contributed by atoms with Gasteiger partial charge in [-0.3, -0.25) is 9.10 Å². The van der Waals surface area contributed by atoms with E-state index in [1.807, 2.05) is 31.2 Å². The SMILES string of the molecule is CCC(C(=O)NCCOc1ccccc1C(C)C)N(c1ccc(C)c(Cl)c1)S(C)(=O)=O. The molecule has 0 aromatic heterocycles. The molecule has 6 nitrogen and oxygen atoms in total. The van der Waals surface area contributed by atoms with E-state index >= 15 is 0 Å². The van der Waals surface area contributed by atoms with Gasteiger partial charge in [0.15, 0.2) is 0 Å². The minimum atomic E-state index is -3.71. The lowest BCUT2D eigenvalue weighted by Crippen LogP contribution is -2.50. The van der Waals surface area contributed by atoms with Crippen LogP contribution in [-0.4, -0.2) is 39.8 Å². The van der Waals surface area contributed by atoms with Gasteiger partial charge in [0.1, 0.15) is 18.4 Å². The summed E-state index contributed by atoms with van der Waals surface area (Å²) in [6.45, 7) is 8.32. The molecule has 2 rings (SSSR count). The summed E-state index contributed by atoms with van der Waals surface area (Å²) in [5.74, 6) is 0.719. The maximum atomic E-state index is 12.9. The van der Waals surface area contributed by atoms with Crippen molar-refractivity contribution in [2.75, 3.05) is 23.7 Å². The van der Waals surface area contributed by atoms with Gasteiger partial charge in [-0.15, -0.1) is 0 Å². The summed E-state index contributed by atoms with van der Waals surface area (Å²) in [4.78, 5) is 12.9. The van der Waals surface area contributed by atoms with Gasteiger partial charge in [-0.25, -0.2) is 8.42 Å². The Hall–Kier alpha value is -2.25. The predicted molar refractivity (Wildman–Crippen MR) is 127 cm³/mol. The van der Waals surface area contributed by atoms with Crippen molar-refractivity contribution >= 4 is 33.2 Å². The Kier molecular flexibility index (Phi) is 8.77. The third-order valence-corrected chi connectivity index (χ3v) is 6.53. The average Bonchev–Trinajstić information content (AvgIpc) is 2.70. The molecule has 0 radical (unpaired) electrons. The predicted octanol–water partition coefficient (Wildman–Crippen LogP) is 4.51. The third kappa shape index (κ3) is 6.61. The molecular weight excluding hydrogens is 436 g/mol. The smallest absolute Gasteiger partial charge is 0.244 e. The number of aryl methyl sites for hydroxylation is 1. The molecule has 1 atom stereocenters. The van der Waals surface area contributed by atoms with Crippen LogP contribution in [0.5, 0.6) is 5.75 Å². The summed E-state index contributed by atoms with van der Waals surface area (Å²) in [6.07, 6.45) is 1.39. The highest BCUT2D eigenvalue weighted by Gasteiger charge is 2.31. The number of amides is 1. The Labute approximate surface area is 190 Å². The largest absolute Gasteiger partial charge is 0.491 e. The van der Waals surface area contributed by atoms with E-state index < -0.39 is 16.1 Å². The molecule has 0 saturated heterocycles. The first-order valence-corrected chi connectivity index (χ1v) is 12.5. The van der Waals surface area contributed by atoms with E-state index in [4.69, 9.17) is 16.3 Å². The molecule has 0 spiro atoms. The number of nitrogens with one attached hydrogen (secondary N) is 1. The van der Waals surface area contributed by atoms with Crippen molar-refractivity contribution < 1.29 is 17.9 Å². The third-order valence-electron chi connectivity index (χ3n) is 4.94. The molecule has 0 aliphatic rings. The van der Waals surface area contributed by atoms with Crippen LogP contribution in [0.3, 0.4) is 0 Å². The van der Waals surface area contributed by atoms with Crippen LogP contribution < -0.4 is 14.4 Å². The first-order valence-electron chi connectivity index (χ1n) is 10.3. The number of nitrogens with zero attached hydrogens (tertiary/aromatic N) is 1. The summed E-state index contributed by atoms with van der Waals surface area (Å²) in [7, 11) is -3.71. The fourth-order valence-electron chi connectivity index (χ4n) is 3.32. The van der Waals surface area contributed by atoms with Crippen LogP contribution in [0.1, 0.15) is 44.2 Å². The number of benzene rings is 2. The van der Waals surface area contributed by atoms with E-state index in [9.17, 15) is 13.2 Å². The Morgan fingerprint density at radius 1 is 1.19 bits per heavy atom. The maximum Gasteiger partial charge on any atom is 0.244 e. The average molecular weight is 467 g/mol. The zero-order valence-electron chi connectivity index (χ0n) is 18.7. The molecule has 0 fully saturated rings. The number of rotatable bonds is 10. The summed E-state index contributed by atoms with van der Waals surface area (Å²) in [5.41, 5.74) is 2.29. The van der Waals surface area contributed by atoms with E-state index in [1.165, 1.54) is 0 Å². The van der Waals surface area contributed by atoms with Gasteiger partial charge in [-0.1, -0.05) is 56.6 Å². The number of carbonyl (C=O) groups excluding carboxylic acids is 1. The second-order valence-corrected chi connectivity index (χ2v) is 10.0. The van der Waals surface area contributed by atoms with Gasteiger partial charge in [-0.05, 0) is 48.6 Å². The standard InChI is InChI=1S/C23H31ClN2O4S/c1-6-21(26(31(5,28)29)18-12-11-17(4)20(24)15-18)23(27)25-13-14-30-22-10-8-7-9-19(22)16(2)3/h7-12,15-16,21H,6,13-14H2,1-5H3,(H,25,27). The van der Waals surface area contributed by atoms with Crippen LogP contribution in [0.25, 0.3) is 0 Å².